The van der Waals surface area contributed by atoms with Gasteiger partial charge in [-0.05, 0) is 57.7 Å². The van der Waals surface area contributed by atoms with E-state index >= 15 is 0 Å². The summed E-state index contributed by atoms with van der Waals surface area (Å²) >= 11 is 7.93. The molecule has 6 nitrogen and oxygen atoms in total. The smallest absolute Gasteiger partial charge is 0.264 e. The number of carbonyl (C=O) groups excluding carboxylic acids is 1. The zero-order valence-corrected chi connectivity index (χ0v) is 21.0. The van der Waals surface area contributed by atoms with Crippen LogP contribution >= 0.6 is 22.9 Å². The lowest BCUT2D eigenvalue weighted by molar-refractivity contribution is -0.0728. The van der Waals surface area contributed by atoms with Crippen molar-refractivity contribution in [3.05, 3.63) is 45.9 Å². The van der Waals surface area contributed by atoms with Crippen molar-refractivity contribution in [2.75, 3.05) is 32.7 Å². The van der Waals surface area contributed by atoms with E-state index in [-0.39, 0.29) is 5.91 Å². The first kappa shape index (κ1) is 22.8. The second-order valence-corrected chi connectivity index (χ2v) is 10.9. The molecule has 0 bridgehead atoms. The Hall–Kier alpha value is -1.93. The molecule has 2 aliphatic heterocycles. The number of nitrogens with zero attached hydrogens (tertiary/aromatic N) is 4. The van der Waals surface area contributed by atoms with Crippen LogP contribution in [0.1, 0.15) is 42.1 Å². The fourth-order valence-electron chi connectivity index (χ4n) is 5.21. The number of piperidine rings is 1. The molecule has 1 amide bonds. The van der Waals surface area contributed by atoms with Crippen molar-refractivity contribution in [2.24, 2.45) is 5.92 Å². The van der Waals surface area contributed by atoms with Gasteiger partial charge >= 0.3 is 0 Å². The molecule has 3 aromatic rings. The molecule has 33 heavy (non-hydrogen) atoms. The van der Waals surface area contributed by atoms with Gasteiger partial charge in [0.15, 0.2) is 0 Å². The third kappa shape index (κ3) is 4.69. The van der Waals surface area contributed by atoms with Gasteiger partial charge in [-0.1, -0.05) is 23.7 Å². The second kappa shape index (κ2) is 9.37. The van der Waals surface area contributed by atoms with Crippen molar-refractivity contribution >= 4 is 39.1 Å². The van der Waals surface area contributed by atoms with E-state index in [9.17, 15) is 4.79 Å². The molecule has 2 fully saturated rings. The highest BCUT2D eigenvalue weighted by Gasteiger charge is 2.29. The van der Waals surface area contributed by atoms with Gasteiger partial charge in [0.1, 0.15) is 4.83 Å². The highest BCUT2D eigenvalue weighted by Crippen LogP contribution is 2.33. The van der Waals surface area contributed by atoms with Gasteiger partial charge in [-0.2, -0.15) is 5.10 Å². The van der Waals surface area contributed by atoms with Crippen molar-refractivity contribution in [3.8, 4) is 5.69 Å². The van der Waals surface area contributed by atoms with Crippen molar-refractivity contribution < 1.29 is 9.53 Å². The Morgan fingerprint density at radius 2 is 1.88 bits per heavy atom. The number of halogens is 1. The number of ether oxygens (including phenoxy) is 1. The Balaban J connectivity index is 1.26. The molecule has 2 unspecified atom stereocenters. The summed E-state index contributed by atoms with van der Waals surface area (Å²) < 4.78 is 7.73. The van der Waals surface area contributed by atoms with Gasteiger partial charge in [0, 0.05) is 38.1 Å². The number of thiophene rings is 1. The Labute approximate surface area is 204 Å². The highest BCUT2D eigenvalue weighted by molar-refractivity contribution is 7.20. The number of benzene rings is 1. The number of aromatic nitrogens is 2. The van der Waals surface area contributed by atoms with Crippen LogP contribution in [0.4, 0.5) is 0 Å². The number of para-hydroxylation sites is 1. The summed E-state index contributed by atoms with van der Waals surface area (Å²) in [6.45, 7) is 11.1. The molecule has 8 heteroatoms. The fourth-order valence-corrected chi connectivity index (χ4v) is 6.57. The van der Waals surface area contributed by atoms with Crippen LogP contribution in [0.25, 0.3) is 15.9 Å². The number of hydrogen-bond acceptors (Lipinski definition) is 5. The number of morpholine rings is 1. The lowest BCUT2D eigenvalue weighted by Gasteiger charge is -2.39. The van der Waals surface area contributed by atoms with Crippen molar-refractivity contribution in [1.82, 2.24) is 19.6 Å². The zero-order chi connectivity index (χ0) is 23.1. The summed E-state index contributed by atoms with van der Waals surface area (Å²) in [5.74, 6) is 0.776. The van der Waals surface area contributed by atoms with Crippen LogP contribution in [0.3, 0.4) is 0 Å². The van der Waals surface area contributed by atoms with Gasteiger partial charge in [-0.15, -0.1) is 11.3 Å². The number of amides is 1. The maximum atomic E-state index is 13.3. The van der Waals surface area contributed by atoms with E-state index in [2.05, 4.69) is 23.8 Å². The summed E-state index contributed by atoms with van der Waals surface area (Å²) in [4.78, 5) is 19.6. The van der Waals surface area contributed by atoms with Crippen LogP contribution in [0.5, 0.6) is 0 Å². The first-order valence-electron chi connectivity index (χ1n) is 11.8. The SMILES string of the molecule is Cc1nn(-c2ccccc2Cl)c2sc(C(=O)N3CCC(CN4CC(C)OC(C)C4)CC3)cc12. The summed E-state index contributed by atoms with van der Waals surface area (Å²) in [6, 6.07) is 9.68. The van der Waals surface area contributed by atoms with E-state index in [0.717, 1.165) is 72.0 Å². The maximum Gasteiger partial charge on any atom is 0.264 e. The van der Waals surface area contributed by atoms with Gasteiger partial charge in [-0.3, -0.25) is 9.69 Å². The van der Waals surface area contributed by atoms with Crippen LogP contribution in [0.2, 0.25) is 5.02 Å². The summed E-state index contributed by atoms with van der Waals surface area (Å²) in [7, 11) is 0. The van der Waals surface area contributed by atoms with Crippen LogP contribution in [-0.2, 0) is 4.74 Å². The largest absolute Gasteiger partial charge is 0.373 e. The van der Waals surface area contributed by atoms with Gasteiger partial charge < -0.3 is 9.64 Å². The average molecular weight is 487 g/mol. The standard InChI is InChI=1S/C25H31ClN4O2S/c1-16-13-28(14-17(2)32-16)15-19-8-10-29(11-9-19)24(31)23-12-20-18(3)27-30(25(20)33-23)22-7-5-4-6-21(22)26/h4-7,12,16-17,19H,8-11,13-15H2,1-3H3. The number of hydrogen-bond donors (Lipinski definition) is 0. The van der Waals surface area contributed by atoms with Gasteiger partial charge in [-0.25, -0.2) is 4.68 Å². The molecule has 0 N–H and O–H groups in total. The lowest BCUT2D eigenvalue weighted by atomic mass is 9.95. The molecule has 0 spiro atoms. The predicted octanol–water partition coefficient (Wildman–Crippen LogP) is 5.01. The number of likely N-dealkylation sites (tertiary alicyclic amines) is 1. The van der Waals surface area contributed by atoms with Crippen molar-refractivity contribution in [2.45, 2.75) is 45.8 Å². The molecule has 2 aliphatic rings. The van der Waals surface area contributed by atoms with Crippen LogP contribution in [0.15, 0.2) is 30.3 Å². The van der Waals surface area contributed by atoms with E-state index in [1.54, 1.807) is 0 Å². The molecule has 176 valence electrons. The van der Waals surface area contributed by atoms with E-state index in [0.29, 0.717) is 23.1 Å². The van der Waals surface area contributed by atoms with Crippen LogP contribution in [0, 0.1) is 12.8 Å². The Bertz CT molecular complexity index is 1140. The Morgan fingerprint density at radius 1 is 1.18 bits per heavy atom. The van der Waals surface area contributed by atoms with Crippen LogP contribution in [-0.4, -0.2) is 70.4 Å². The molecule has 5 rings (SSSR count). The van der Waals surface area contributed by atoms with E-state index in [1.165, 1.54) is 11.3 Å². The minimum Gasteiger partial charge on any atom is -0.373 e. The first-order chi connectivity index (χ1) is 15.9. The number of fused-ring (bicyclic) bond motifs is 1. The average Bonchev–Trinajstić information content (AvgIpc) is 3.34. The lowest BCUT2D eigenvalue weighted by Crippen LogP contribution is -2.48. The second-order valence-electron chi connectivity index (χ2n) is 9.49. The number of aryl methyl sites for hydroxylation is 1. The topological polar surface area (TPSA) is 50.6 Å². The van der Waals surface area contributed by atoms with Gasteiger partial charge in [0.25, 0.3) is 5.91 Å². The first-order valence-corrected chi connectivity index (χ1v) is 13.0. The zero-order valence-electron chi connectivity index (χ0n) is 19.5. The molecule has 2 saturated heterocycles. The minimum absolute atomic E-state index is 0.133. The number of carbonyl (C=O) groups is 1. The van der Waals surface area contributed by atoms with E-state index in [1.807, 2.05) is 46.8 Å². The minimum atomic E-state index is 0.133. The van der Waals surface area contributed by atoms with Gasteiger partial charge in [0.05, 0.1) is 33.5 Å². The molecular formula is C25H31ClN4O2S. The quantitative estimate of drug-likeness (QED) is 0.520. The molecular weight excluding hydrogens is 456 g/mol. The normalized spacial score (nSPS) is 22.8. The van der Waals surface area contributed by atoms with Crippen LogP contribution < -0.4 is 0 Å². The highest BCUT2D eigenvalue weighted by atomic mass is 35.5. The van der Waals surface area contributed by atoms with Gasteiger partial charge in [0.2, 0.25) is 0 Å². The molecule has 4 heterocycles. The van der Waals surface area contributed by atoms with Crippen molar-refractivity contribution in [3.63, 3.8) is 0 Å². The molecule has 1 aromatic carbocycles. The fraction of sp³-hybridized carbons (Fsp3) is 0.520. The molecule has 0 saturated carbocycles. The maximum absolute atomic E-state index is 13.3. The summed E-state index contributed by atoms with van der Waals surface area (Å²) in [5, 5.41) is 6.34. The molecule has 0 aliphatic carbocycles. The summed E-state index contributed by atoms with van der Waals surface area (Å²) in [5.41, 5.74) is 1.75. The van der Waals surface area contributed by atoms with Crippen molar-refractivity contribution in [1.29, 1.82) is 0 Å². The predicted molar refractivity (Wildman–Crippen MR) is 134 cm³/mol. The number of rotatable bonds is 4. The molecule has 2 aromatic heterocycles. The molecule has 0 radical (unpaired) electrons. The third-order valence-corrected chi connectivity index (χ3v) is 8.17. The Kier molecular flexibility index (Phi) is 6.49. The monoisotopic (exact) mass is 486 g/mol. The molecule has 2 atom stereocenters. The summed E-state index contributed by atoms with van der Waals surface area (Å²) in [6.07, 6.45) is 2.72. The third-order valence-electron chi connectivity index (χ3n) is 6.75. The van der Waals surface area contributed by atoms with E-state index in [4.69, 9.17) is 16.3 Å². The Morgan fingerprint density at radius 3 is 2.58 bits per heavy atom. The van der Waals surface area contributed by atoms with E-state index < -0.39 is 0 Å².